The average molecular weight is 434 g/mol. The quantitative estimate of drug-likeness (QED) is 0.380. The molecule has 0 aliphatic rings. The Hall–Kier alpha value is -4.12. The van der Waals surface area contributed by atoms with Gasteiger partial charge in [0.2, 0.25) is 5.82 Å². The summed E-state index contributed by atoms with van der Waals surface area (Å²) in [5.41, 5.74) is 9.77. The molecule has 0 saturated carbocycles. The van der Waals surface area contributed by atoms with Crippen LogP contribution in [0.5, 0.6) is 0 Å². The van der Waals surface area contributed by atoms with Crippen LogP contribution in [-0.4, -0.2) is 45.2 Å². The van der Waals surface area contributed by atoms with Gasteiger partial charge >= 0.3 is 0 Å². The van der Waals surface area contributed by atoms with Crippen molar-refractivity contribution < 1.29 is 0 Å². The second-order valence-corrected chi connectivity index (χ2v) is 7.14. The van der Waals surface area contributed by atoms with E-state index in [9.17, 15) is 0 Å². The Morgan fingerprint density at radius 1 is 1.16 bits per heavy atom. The number of aromatic amines is 1. The molecule has 0 radical (unpaired) electrons. The molecule has 4 aromatic heterocycles. The van der Waals surface area contributed by atoms with E-state index in [1.165, 1.54) is 6.33 Å². The van der Waals surface area contributed by atoms with E-state index in [1.807, 2.05) is 43.3 Å². The zero-order valence-corrected chi connectivity index (χ0v) is 17.0. The van der Waals surface area contributed by atoms with Crippen LogP contribution >= 0.6 is 11.6 Å². The minimum atomic E-state index is -0.233. The summed E-state index contributed by atoms with van der Waals surface area (Å²) in [6.07, 6.45) is 2.95. The fourth-order valence-corrected chi connectivity index (χ4v) is 3.50. The van der Waals surface area contributed by atoms with Crippen LogP contribution in [-0.2, 0) is 0 Å². The maximum Gasteiger partial charge on any atom is 0.212 e. The van der Waals surface area contributed by atoms with Crippen molar-refractivity contribution in [1.29, 1.82) is 0 Å². The van der Waals surface area contributed by atoms with Gasteiger partial charge in [0.25, 0.3) is 0 Å². The lowest BCUT2D eigenvalue weighted by atomic mass is 10.0. The molecule has 0 saturated heterocycles. The second-order valence-electron chi connectivity index (χ2n) is 6.75. The third kappa shape index (κ3) is 3.40. The average Bonchev–Trinajstić information content (AvgIpc) is 3.44. The van der Waals surface area contributed by atoms with Crippen LogP contribution in [0, 0.1) is 0 Å². The van der Waals surface area contributed by atoms with Crippen molar-refractivity contribution in [1.82, 2.24) is 45.2 Å². The van der Waals surface area contributed by atoms with Crippen LogP contribution < -0.4 is 11.1 Å². The molecule has 0 aliphatic carbocycles. The number of hydrogen-bond acceptors (Lipinski definition) is 9. The molecule has 0 amide bonds. The number of anilines is 2. The zero-order chi connectivity index (χ0) is 21.4. The minimum Gasteiger partial charge on any atom is -0.383 e. The van der Waals surface area contributed by atoms with Gasteiger partial charge in [-0.1, -0.05) is 41.9 Å². The molecule has 0 aliphatic heterocycles. The summed E-state index contributed by atoms with van der Waals surface area (Å²) in [7, 11) is 0. The van der Waals surface area contributed by atoms with E-state index in [4.69, 9.17) is 22.4 Å². The Morgan fingerprint density at radius 3 is 2.77 bits per heavy atom. The van der Waals surface area contributed by atoms with E-state index < -0.39 is 0 Å². The number of tetrazole rings is 1. The lowest BCUT2D eigenvalue weighted by Crippen LogP contribution is -2.13. The summed E-state index contributed by atoms with van der Waals surface area (Å²) in [6.45, 7) is 1.99. The Bertz CT molecular complexity index is 1350. The van der Waals surface area contributed by atoms with Crippen molar-refractivity contribution in [2.75, 3.05) is 11.1 Å². The summed E-state index contributed by atoms with van der Waals surface area (Å²) in [6, 6.07) is 11.6. The van der Waals surface area contributed by atoms with Crippen LogP contribution in [0.4, 0.5) is 11.6 Å². The molecule has 0 spiro atoms. The molecule has 5 aromatic rings. The first-order chi connectivity index (χ1) is 15.1. The number of halogens is 1. The number of hydrogen-bond donors (Lipinski definition) is 3. The van der Waals surface area contributed by atoms with Crippen LogP contribution in [0.1, 0.15) is 18.5 Å². The molecule has 12 heteroatoms. The summed E-state index contributed by atoms with van der Waals surface area (Å²) >= 11 is 6.26. The normalized spacial score (nSPS) is 12.2. The molecule has 31 heavy (non-hydrogen) atoms. The molecular weight excluding hydrogens is 418 g/mol. The highest BCUT2D eigenvalue weighted by atomic mass is 35.5. The SMILES string of the molecule is CC(Nc1ncnc(N)c1-c1nn[nH]n1)c1cc2ncc(Cl)n2nc1-c1ccccc1. The molecule has 154 valence electrons. The van der Waals surface area contributed by atoms with Crippen LogP contribution in [0.25, 0.3) is 28.3 Å². The van der Waals surface area contributed by atoms with Crippen molar-refractivity contribution >= 4 is 28.9 Å². The van der Waals surface area contributed by atoms with Gasteiger partial charge < -0.3 is 11.1 Å². The van der Waals surface area contributed by atoms with Gasteiger partial charge in [0.1, 0.15) is 23.5 Å². The number of nitrogens with two attached hydrogens (primary N) is 1. The van der Waals surface area contributed by atoms with Gasteiger partial charge in [0.05, 0.1) is 17.9 Å². The highest BCUT2D eigenvalue weighted by Crippen LogP contribution is 2.33. The first kappa shape index (κ1) is 18.9. The molecule has 0 fully saturated rings. The summed E-state index contributed by atoms with van der Waals surface area (Å²) in [5, 5.41) is 22.6. The molecule has 1 aromatic carbocycles. The Labute approximate surface area is 180 Å². The third-order valence-corrected chi connectivity index (χ3v) is 5.05. The molecule has 1 unspecified atom stereocenters. The van der Waals surface area contributed by atoms with Gasteiger partial charge in [-0.2, -0.15) is 10.3 Å². The fourth-order valence-electron chi connectivity index (χ4n) is 3.33. The van der Waals surface area contributed by atoms with Gasteiger partial charge in [-0.05, 0) is 18.2 Å². The Morgan fingerprint density at radius 2 is 2.00 bits per heavy atom. The van der Waals surface area contributed by atoms with E-state index in [0.29, 0.717) is 28.0 Å². The van der Waals surface area contributed by atoms with Gasteiger partial charge in [-0.3, -0.25) is 0 Å². The van der Waals surface area contributed by atoms with E-state index in [1.54, 1.807) is 10.7 Å². The van der Waals surface area contributed by atoms with E-state index >= 15 is 0 Å². The monoisotopic (exact) mass is 433 g/mol. The van der Waals surface area contributed by atoms with Gasteiger partial charge in [0.15, 0.2) is 10.8 Å². The highest BCUT2D eigenvalue weighted by molar-refractivity contribution is 6.29. The molecule has 4 N–H and O–H groups in total. The van der Waals surface area contributed by atoms with Crippen molar-refractivity contribution in [3.05, 3.63) is 59.6 Å². The van der Waals surface area contributed by atoms with E-state index in [-0.39, 0.29) is 11.9 Å². The smallest absolute Gasteiger partial charge is 0.212 e. The minimum absolute atomic E-state index is 0.233. The fraction of sp³-hybridized carbons (Fsp3) is 0.105. The molecule has 11 nitrogen and oxygen atoms in total. The zero-order valence-electron chi connectivity index (χ0n) is 16.2. The standard InChI is InChI=1S/C19H16ClN11/c1-10(25-18-15(17(21)23-9-24-18)19-26-29-30-27-19)12-7-14-22-8-13(20)31(14)28-16(12)11-5-3-2-4-6-11/h2-10H,1H3,(H3,21,23,24,25)(H,26,27,29,30). The number of H-pyrrole nitrogens is 1. The molecule has 1 atom stereocenters. The number of nitrogens with zero attached hydrogens (tertiary/aromatic N) is 8. The Kier molecular flexibility index (Phi) is 4.64. The number of nitrogens with one attached hydrogen (secondary N) is 2. The van der Waals surface area contributed by atoms with Gasteiger partial charge in [-0.25, -0.2) is 19.5 Å². The van der Waals surface area contributed by atoms with Crippen LogP contribution in [0.3, 0.4) is 0 Å². The number of benzene rings is 1. The summed E-state index contributed by atoms with van der Waals surface area (Å²) < 4.78 is 1.60. The van der Waals surface area contributed by atoms with Gasteiger partial charge in [0, 0.05) is 11.1 Å². The second kappa shape index (κ2) is 7.61. The highest BCUT2D eigenvalue weighted by Gasteiger charge is 2.21. The maximum absolute atomic E-state index is 6.26. The van der Waals surface area contributed by atoms with Crippen molar-refractivity contribution in [2.24, 2.45) is 0 Å². The topological polar surface area (TPSA) is 148 Å². The predicted octanol–water partition coefficient (Wildman–Crippen LogP) is 2.78. The first-order valence-corrected chi connectivity index (χ1v) is 9.70. The Balaban J connectivity index is 1.61. The molecule has 0 bridgehead atoms. The number of fused-ring (bicyclic) bond motifs is 1. The number of aromatic nitrogens is 9. The lowest BCUT2D eigenvalue weighted by Gasteiger charge is -2.20. The van der Waals surface area contributed by atoms with E-state index in [2.05, 4.69) is 40.9 Å². The van der Waals surface area contributed by atoms with Gasteiger partial charge in [-0.15, -0.1) is 10.2 Å². The summed E-state index contributed by atoms with van der Waals surface area (Å²) in [5.74, 6) is 1.01. The van der Waals surface area contributed by atoms with Crippen molar-refractivity contribution in [3.8, 4) is 22.6 Å². The number of rotatable bonds is 5. The predicted molar refractivity (Wildman–Crippen MR) is 115 cm³/mol. The lowest BCUT2D eigenvalue weighted by molar-refractivity contribution is 0.841. The number of nitrogen functional groups attached to an aromatic ring is 1. The van der Waals surface area contributed by atoms with Crippen LogP contribution in [0.15, 0.2) is 48.9 Å². The van der Waals surface area contributed by atoms with Crippen LogP contribution in [0.2, 0.25) is 5.15 Å². The summed E-state index contributed by atoms with van der Waals surface area (Å²) in [4.78, 5) is 12.7. The van der Waals surface area contributed by atoms with Crippen molar-refractivity contribution in [2.45, 2.75) is 13.0 Å². The third-order valence-electron chi connectivity index (χ3n) is 4.79. The van der Waals surface area contributed by atoms with Crippen molar-refractivity contribution in [3.63, 3.8) is 0 Å². The first-order valence-electron chi connectivity index (χ1n) is 9.32. The largest absolute Gasteiger partial charge is 0.383 e. The maximum atomic E-state index is 6.26. The molecule has 5 rings (SSSR count). The van der Waals surface area contributed by atoms with E-state index in [0.717, 1.165) is 16.8 Å². The molecule has 4 heterocycles. The molecular formula is C19H16ClN11. The number of imidazole rings is 1.